The van der Waals surface area contributed by atoms with Gasteiger partial charge in [0, 0.05) is 11.8 Å². The van der Waals surface area contributed by atoms with E-state index in [1.807, 2.05) is 6.07 Å². The molecule has 0 spiro atoms. The van der Waals surface area contributed by atoms with Gasteiger partial charge in [0.2, 0.25) is 0 Å². The van der Waals surface area contributed by atoms with Crippen molar-refractivity contribution in [1.82, 2.24) is 0 Å². The molecular formula is C18H26O4Si. The maximum absolute atomic E-state index is 10.7. The second-order valence-electron chi connectivity index (χ2n) is 8.00. The Kier molecular flexibility index (Phi) is 3.44. The van der Waals surface area contributed by atoms with E-state index in [0.29, 0.717) is 34.5 Å². The van der Waals surface area contributed by atoms with Crippen LogP contribution in [-0.4, -0.2) is 37.7 Å². The van der Waals surface area contributed by atoms with Gasteiger partial charge in [-0.2, -0.15) is 0 Å². The lowest BCUT2D eigenvalue weighted by Crippen LogP contribution is -2.48. The molecule has 4 nitrogen and oxygen atoms in total. The van der Waals surface area contributed by atoms with Gasteiger partial charge in [-0.3, -0.25) is 0 Å². The zero-order valence-corrected chi connectivity index (χ0v) is 15.8. The number of hydrogen-bond acceptors (Lipinski definition) is 4. The molecule has 0 amide bonds. The van der Waals surface area contributed by atoms with Crippen LogP contribution >= 0.6 is 0 Å². The second-order valence-corrected chi connectivity index (χ2v) is 8.41. The van der Waals surface area contributed by atoms with Crippen LogP contribution < -0.4 is 0 Å². The number of rotatable bonds is 1. The summed E-state index contributed by atoms with van der Waals surface area (Å²) in [6, 6.07) is 5.76. The Hall–Kier alpha value is -0.883. The minimum absolute atomic E-state index is 0.255. The molecule has 0 radical (unpaired) electrons. The maximum Gasteiger partial charge on any atom is 0.182 e. The summed E-state index contributed by atoms with van der Waals surface area (Å²) in [4.78, 5) is 0. The smallest absolute Gasteiger partial charge is 0.182 e. The third-order valence-corrected chi connectivity index (χ3v) is 7.77. The molecule has 0 aliphatic heterocycles. The zero-order chi connectivity index (χ0) is 16.4. The summed E-state index contributed by atoms with van der Waals surface area (Å²) in [6.45, 7) is 2.13. The van der Waals surface area contributed by atoms with Crippen molar-refractivity contribution in [2.75, 3.05) is 0 Å². The molecule has 3 aliphatic carbocycles. The Morgan fingerprint density at radius 3 is 2.83 bits per heavy atom. The fourth-order valence-electron chi connectivity index (χ4n) is 5.78. The molecule has 5 heteroatoms. The average Bonchev–Trinajstić information content (AvgIpc) is 2.76. The van der Waals surface area contributed by atoms with Crippen molar-refractivity contribution in [3.63, 3.8) is 0 Å². The number of fused-ring (bicyclic) bond motifs is 5. The molecule has 3 aliphatic rings. The molecule has 4 rings (SSSR count). The summed E-state index contributed by atoms with van der Waals surface area (Å²) in [6.07, 6.45) is 3.72. The summed E-state index contributed by atoms with van der Waals surface area (Å²) in [7, 11) is 0.428. The van der Waals surface area contributed by atoms with E-state index < -0.39 is 11.9 Å². The predicted molar refractivity (Wildman–Crippen MR) is 90.1 cm³/mol. The fourth-order valence-corrected chi connectivity index (χ4v) is 6.17. The van der Waals surface area contributed by atoms with Crippen molar-refractivity contribution in [3.05, 3.63) is 29.3 Å². The highest BCUT2D eigenvalue weighted by molar-refractivity contribution is 5.98. The van der Waals surface area contributed by atoms with Crippen LogP contribution in [0.3, 0.4) is 0 Å². The summed E-state index contributed by atoms with van der Waals surface area (Å²) in [5.41, 5.74) is 2.37. The van der Waals surface area contributed by atoms with E-state index in [2.05, 4.69) is 13.0 Å². The van der Waals surface area contributed by atoms with E-state index in [0.717, 1.165) is 25.7 Å². The van der Waals surface area contributed by atoms with E-state index >= 15 is 0 Å². The van der Waals surface area contributed by atoms with E-state index in [4.69, 9.17) is 4.43 Å². The van der Waals surface area contributed by atoms with Crippen LogP contribution in [0.5, 0.6) is 5.75 Å². The lowest BCUT2D eigenvalue weighted by molar-refractivity contribution is -0.205. The Morgan fingerprint density at radius 1 is 1.30 bits per heavy atom. The SMILES string of the molecule is C[C@]12CC[C@@H]3c4ccc(O)cc4CC[C@H]3[C@@H]1C[C@@](O)(O[SiH3])[C@@H]2O. The highest BCUT2D eigenvalue weighted by atomic mass is 28.2. The zero-order valence-electron chi connectivity index (χ0n) is 13.8. The van der Waals surface area contributed by atoms with E-state index in [-0.39, 0.29) is 11.3 Å². The number of phenols is 1. The molecule has 1 aromatic rings. The summed E-state index contributed by atoms with van der Waals surface area (Å²) >= 11 is 0. The lowest BCUT2D eigenvalue weighted by atomic mass is 9.55. The first-order chi connectivity index (χ1) is 10.9. The summed E-state index contributed by atoms with van der Waals surface area (Å²) in [5, 5.41) is 31.2. The van der Waals surface area contributed by atoms with Crippen LogP contribution in [0.15, 0.2) is 18.2 Å². The largest absolute Gasteiger partial charge is 0.508 e. The van der Waals surface area contributed by atoms with Crippen molar-refractivity contribution >= 4 is 10.5 Å². The lowest BCUT2D eigenvalue weighted by Gasteiger charge is -2.49. The van der Waals surface area contributed by atoms with Crippen LogP contribution in [0.1, 0.15) is 49.7 Å². The number of phenolic OH excluding ortho intramolecular Hbond substituents is 1. The molecule has 2 fully saturated rings. The van der Waals surface area contributed by atoms with Crippen LogP contribution in [0.4, 0.5) is 0 Å². The molecule has 23 heavy (non-hydrogen) atoms. The Morgan fingerprint density at radius 2 is 2.09 bits per heavy atom. The molecular weight excluding hydrogens is 308 g/mol. The van der Waals surface area contributed by atoms with Gasteiger partial charge in [-0.25, -0.2) is 0 Å². The molecule has 1 aromatic carbocycles. The minimum Gasteiger partial charge on any atom is -0.508 e. The highest BCUT2D eigenvalue weighted by Crippen LogP contribution is 2.63. The summed E-state index contributed by atoms with van der Waals surface area (Å²) in [5.74, 6) is 0.234. The standard InChI is InChI=1S/C18H26O4Si/c1-17-7-6-13-12-5-3-11(19)8-10(12)2-4-14(13)15(17)9-18(21,22-23)16(17)20/h3,5,8,13-16,19-21H,2,4,6-7,9H2,1,23H3/t13-,14-,15+,16-,17+,18-/m1/s1. The number of aliphatic hydroxyl groups excluding tert-OH is 1. The monoisotopic (exact) mass is 334 g/mol. The number of aryl methyl sites for hydroxylation is 1. The van der Waals surface area contributed by atoms with Crippen LogP contribution in [-0.2, 0) is 10.8 Å². The molecule has 0 bridgehead atoms. The van der Waals surface area contributed by atoms with Gasteiger partial charge >= 0.3 is 0 Å². The first kappa shape index (κ1) is 15.6. The van der Waals surface area contributed by atoms with Gasteiger partial charge in [0.05, 0.1) is 0 Å². The molecule has 0 heterocycles. The first-order valence-corrected chi connectivity index (χ1v) is 9.48. The predicted octanol–water partition coefficient (Wildman–Crippen LogP) is 1.20. The average molecular weight is 334 g/mol. The van der Waals surface area contributed by atoms with Crippen molar-refractivity contribution < 1.29 is 19.7 Å². The molecule has 126 valence electrons. The van der Waals surface area contributed by atoms with Crippen LogP contribution in [0, 0.1) is 17.3 Å². The van der Waals surface area contributed by atoms with E-state index in [1.54, 1.807) is 6.07 Å². The topological polar surface area (TPSA) is 69.9 Å². The number of benzene rings is 1. The molecule has 6 atom stereocenters. The third kappa shape index (κ3) is 2.07. The quantitative estimate of drug-likeness (QED) is 0.533. The van der Waals surface area contributed by atoms with Gasteiger partial charge in [0.25, 0.3) is 0 Å². The van der Waals surface area contributed by atoms with E-state index in [9.17, 15) is 15.3 Å². The van der Waals surface area contributed by atoms with Crippen molar-refractivity contribution in [1.29, 1.82) is 0 Å². The van der Waals surface area contributed by atoms with Gasteiger partial charge in [-0.05, 0) is 66.7 Å². The van der Waals surface area contributed by atoms with Gasteiger partial charge in [0.1, 0.15) is 22.3 Å². The number of aromatic hydroxyl groups is 1. The maximum atomic E-state index is 10.7. The highest BCUT2D eigenvalue weighted by Gasteiger charge is 2.63. The molecule has 0 aromatic heterocycles. The molecule has 0 unspecified atom stereocenters. The normalized spacial score (nSPS) is 45.3. The van der Waals surface area contributed by atoms with Crippen LogP contribution in [0.2, 0.25) is 0 Å². The molecule has 2 saturated carbocycles. The number of hydrogen-bond donors (Lipinski definition) is 3. The molecule has 3 N–H and O–H groups in total. The van der Waals surface area contributed by atoms with Crippen molar-refractivity contribution in [3.8, 4) is 5.75 Å². The van der Waals surface area contributed by atoms with Crippen molar-refractivity contribution in [2.24, 2.45) is 17.3 Å². The Labute approximate surface area is 140 Å². The minimum atomic E-state index is -1.35. The Balaban J connectivity index is 1.71. The Bertz CT molecular complexity index is 635. The van der Waals surface area contributed by atoms with Gasteiger partial charge in [-0.1, -0.05) is 13.0 Å². The van der Waals surface area contributed by atoms with Crippen LogP contribution in [0.25, 0.3) is 0 Å². The third-order valence-electron chi connectivity index (χ3n) is 7.07. The van der Waals surface area contributed by atoms with E-state index in [1.165, 1.54) is 11.1 Å². The second kappa shape index (κ2) is 5.05. The summed E-state index contributed by atoms with van der Waals surface area (Å²) < 4.78 is 5.44. The van der Waals surface area contributed by atoms with Gasteiger partial charge in [0.15, 0.2) is 5.79 Å². The van der Waals surface area contributed by atoms with Gasteiger partial charge in [-0.15, -0.1) is 0 Å². The van der Waals surface area contributed by atoms with Gasteiger partial charge < -0.3 is 19.7 Å². The first-order valence-electron chi connectivity index (χ1n) is 8.66. The number of aliphatic hydroxyl groups is 2. The van der Waals surface area contributed by atoms with Crippen molar-refractivity contribution in [2.45, 2.75) is 56.8 Å². The molecule has 0 saturated heterocycles. The fraction of sp³-hybridized carbons (Fsp3) is 0.667.